The molecule has 5 heteroatoms. The molecule has 3 aromatic rings. The monoisotopic (exact) mass is 337 g/mol. The number of rotatable bonds is 3. The lowest BCUT2D eigenvalue weighted by Gasteiger charge is -2.34. The van der Waals surface area contributed by atoms with Crippen LogP contribution in [0.1, 0.15) is 24.1 Å². The van der Waals surface area contributed by atoms with Crippen molar-refractivity contribution in [2.45, 2.75) is 19.5 Å². The van der Waals surface area contributed by atoms with Gasteiger partial charge in [-0.3, -0.25) is 4.90 Å². The van der Waals surface area contributed by atoms with Crippen LogP contribution in [0.3, 0.4) is 0 Å². The molecule has 1 unspecified atom stereocenters. The molecule has 0 N–H and O–H groups in total. The van der Waals surface area contributed by atoms with Crippen LogP contribution in [0.5, 0.6) is 11.5 Å². The van der Waals surface area contributed by atoms with E-state index in [9.17, 15) is 4.79 Å². The van der Waals surface area contributed by atoms with Crippen molar-refractivity contribution in [3.8, 4) is 11.5 Å². The summed E-state index contributed by atoms with van der Waals surface area (Å²) in [5, 5.41) is 0.841. The summed E-state index contributed by atoms with van der Waals surface area (Å²) in [5.41, 5.74) is 1.94. The molecule has 0 fully saturated rings. The lowest BCUT2D eigenvalue weighted by molar-refractivity contribution is 0.0568. The first-order valence-electron chi connectivity index (χ1n) is 8.23. The largest absolute Gasteiger partial charge is 0.497 e. The topological polar surface area (TPSA) is 51.9 Å². The number of nitrogens with zero attached hydrogens (tertiary/aromatic N) is 1. The standard InChI is InChI=1S/C20H19NO4/c1-13-18-19(16-5-3-4-6-17(16)25-20(18)22)24-12-21(13)11-14-7-9-15(23-2)10-8-14/h3-10,13H,11-12H2,1-2H3. The van der Waals surface area contributed by atoms with Gasteiger partial charge in [-0.05, 0) is 36.8 Å². The maximum Gasteiger partial charge on any atom is 0.344 e. The van der Waals surface area contributed by atoms with Gasteiger partial charge in [0.25, 0.3) is 0 Å². The number of ether oxygens (including phenoxy) is 2. The molecule has 1 aromatic heterocycles. The Morgan fingerprint density at radius 1 is 1.16 bits per heavy atom. The van der Waals surface area contributed by atoms with Gasteiger partial charge in [-0.2, -0.15) is 0 Å². The van der Waals surface area contributed by atoms with Crippen LogP contribution in [-0.4, -0.2) is 18.7 Å². The molecule has 0 radical (unpaired) electrons. The van der Waals surface area contributed by atoms with Gasteiger partial charge in [0.05, 0.1) is 18.1 Å². The number of para-hydroxylation sites is 1. The third-order valence-corrected chi connectivity index (χ3v) is 4.68. The molecule has 1 aliphatic heterocycles. The number of hydrogen-bond acceptors (Lipinski definition) is 5. The van der Waals surface area contributed by atoms with Crippen molar-refractivity contribution in [2.75, 3.05) is 13.8 Å². The fraction of sp³-hybridized carbons (Fsp3) is 0.250. The highest BCUT2D eigenvalue weighted by Crippen LogP contribution is 2.37. The van der Waals surface area contributed by atoms with Gasteiger partial charge in [-0.15, -0.1) is 0 Å². The van der Waals surface area contributed by atoms with Crippen molar-refractivity contribution >= 4 is 11.0 Å². The van der Waals surface area contributed by atoms with Crippen LogP contribution < -0.4 is 15.1 Å². The summed E-state index contributed by atoms with van der Waals surface area (Å²) in [4.78, 5) is 14.6. The second-order valence-corrected chi connectivity index (χ2v) is 6.17. The molecule has 1 atom stereocenters. The Morgan fingerprint density at radius 2 is 1.92 bits per heavy atom. The van der Waals surface area contributed by atoms with Gasteiger partial charge in [0.1, 0.15) is 23.8 Å². The van der Waals surface area contributed by atoms with Crippen LogP contribution >= 0.6 is 0 Å². The average Bonchev–Trinajstić information content (AvgIpc) is 2.64. The SMILES string of the molecule is COc1ccc(CN2COc3c(c(=O)oc4ccccc34)C2C)cc1. The molecule has 5 nitrogen and oxygen atoms in total. The third-order valence-electron chi connectivity index (χ3n) is 4.68. The second kappa shape index (κ2) is 6.26. The molecule has 0 saturated carbocycles. The molecule has 0 amide bonds. The quantitative estimate of drug-likeness (QED) is 0.682. The van der Waals surface area contributed by atoms with E-state index in [1.165, 1.54) is 0 Å². The van der Waals surface area contributed by atoms with Gasteiger partial charge in [-0.1, -0.05) is 24.3 Å². The highest BCUT2D eigenvalue weighted by atomic mass is 16.5. The minimum Gasteiger partial charge on any atom is -0.497 e. The van der Waals surface area contributed by atoms with Crippen molar-refractivity contribution in [1.82, 2.24) is 4.90 Å². The predicted octanol–water partition coefficient (Wildman–Crippen LogP) is 3.71. The maximum absolute atomic E-state index is 12.5. The maximum atomic E-state index is 12.5. The molecule has 1 aliphatic rings. The first kappa shape index (κ1) is 15.7. The zero-order chi connectivity index (χ0) is 17.4. The van der Waals surface area contributed by atoms with Gasteiger partial charge < -0.3 is 13.9 Å². The summed E-state index contributed by atoms with van der Waals surface area (Å²) < 4.78 is 16.6. The lowest BCUT2D eigenvalue weighted by atomic mass is 10.0. The van der Waals surface area contributed by atoms with Gasteiger partial charge >= 0.3 is 5.63 Å². The van der Waals surface area contributed by atoms with E-state index in [1.54, 1.807) is 13.2 Å². The molecule has 2 aromatic carbocycles. The molecule has 0 aliphatic carbocycles. The summed E-state index contributed by atoms with van der Waals surface area (Å²) in [5.74, 6) is 1.47. The summed E-state index contributed by atoms with van der Waals surface area (Å²) in [6, 6.07) is 15.3. The van der Waals surface area contributed by atoms with Crippen LogP contribution in [0, 0.1) is 0 Å². The van der Waals surface area contributed by atoms with Crippen LogP contribution in [0.2, 0.25) is 0 Å². The molecule has 0 spiro atoms. The van der Waals surface area contributed by atoms with Crippen molar-refractivity contribution < 1.29 is 13.9 Å². The number of hydrogen-bond donors (Lipinski definition) is 0. The Labute approximate surface area is 145 Å². The van der Waals surface area contributed by atoms with E-state index in [2.05, 4.69) is 4.90 Å². The van der Waals surface area contributed by atoms with Crippen LogP contribution in [0.4, 0.5) is 0 Å². The highest BCUT2D eigenvalue weighted by molar-refractivity contribution is 5.84. The Kier molecular flexibility index (Phi) is 3.93. The lowest BCUT2D eigenvalue weighted by Crippen LogP contribution is -2.37. The van der Waals surface area contributed by atoms with E-state index < -0.39 is 0 Å². The van der Waals surface area contributed by atoms with Gasteiger partial charge in [-0.25, -0.2) is 4.79 Å². The number of methoxy groups -OCH3 is 1. The zero-order valence-corrected chi connectivity index (χ0v) is 14.2. The minimum absolute atomic E-state index is 0.0910. The van der Waals surface area contributed by atoms with Gasteiger partial charge in [0.2, 0.25) is 0 Å². The van der Waals surface area contributed by atoms with E-state index in [-0.39, 0.29) is 11.7 Å². The fourth-order valence-corrected chi connectivity index (χ4v) is 3.24. The Morgan fingerprint density at radius 3 is 2.68 bits per heavy atom. The Balaban J connectivity index is 1.67. The Bertz CT molecular complexity index is 962. The number of fused-ring (bicyclic) bond motifs is 3. The normalized spacial score (nSPS) is 17.1. The van der Waals surface area contributed by atoms with Gasteiger partial charge in [0.15, 0.2) is 0 Å². The van der Waals surface area contributed by atoms with E-state index in [1.807, 2.05) is 49.4 Å². The van der Waals surface area contributed by atoms with E-state index in [0.29, 0.717) is 30.2 Å². The second-order valence-electron chi connectivity index (χ2n) is 6.17. The smallest absolute Gasteiger partial charge is 0.344 e. The molecule has 0 saturated heterocycles. The predicted molar refractivity (Wildman–Crippen MR) is 94.9 cm³/mol. The first-order chi connectivity index (χ1) is 12.2. The summed E-state index contributed by atoms with van der Waals surface area (Å²) in [6.07, 6.45) is 0. The van der Waals surface area contributed by atoms with Crippen LogP contribution in [0.25, 0.3) is 11.0 Å². The number of benzene rings is 2. The first-order valence-corrected chi connectivity index (χ1v) is 8.23. The van der Waals surface area contributed by atoms with Crippen LogP contribution in [0.15, 0.2) is 57.7 Å². The Hall–Kier alpha value is -2.79. The average molecular weight is 337 g/mol. The summed E-state index contributed by atoms with van der Waals surface area (Å²) in [6.45, 7) is 3.11. The van der Waals surface area contributed by atoms with E-state index >= 15 is 0 Å². The molecule has 2 heterocycles. The summed E-state index contributed by atoms with van der Waals surface area (Å²) >= 11 is 0. The minimum atomic E-state index is -0.333. The van der Waals surface area contributed by atoms with Crippen molar-refractivity contribution in [1.29, 1.82) is 0 Å². The van der Waals surface area contributed by atoms with E-state index in [0.717, 1.165) is 16.7 Å². The van der Waals surface area contributed by atoms with E-state index in [4.69, 9.17) is 13.9 Å². The molecule has 128 valence electrons. The fourth-order valence-electron chi connectivity index (χ4n) is 3.24. The molecule has 0 bridgehead atoms. The highest BCUT2D eigenvalue weighted by Gasteiger charge is 2.30. The molecular formula is C20H19NO4. The van der Waals surface area contributed by atoms with Crippen molar-refractivity contribution in [3.63, 3.8) is 0 Å². The molecule has 25 heavy (non-hydrogen) atoms. The molecular weight excluding hydrogens is 318 g/mol. The zero-order valence-electron chi connectivity index (χ0n) is 14.2. The van der Waals surface area contributed by atoms with Crippen molar-refractivity contribution in [3.05, 3.63) is 70.1 Å². The molecule has 4 rings (SSSR count). The summed E-state index contributed by atoms with van der Waals surface area (Å²) in [7, 11) is 1.65. The van der Waals surface area contributed by atoms with Gasteiger partial charge in [0, 0.05) is 12.6 Å². The van der Waals surface area contributed by atoms with Crippen molar-refractivity contribution in [2.24, 2.45) is 0 Å². The third kappa shape index (κ3) is 2.76. The van der Waals surface area contributed by atoms with Crippen LogP contribution in [-0.2, 0) is 6.54 Å².